The Hall–Kier alpha value is -2.15. The van der Waals surface area contributed by atoms with Crippen LogP contribution in [0.15, 0.2) is 16.8 Å². The first-order valence-corrected chi connectivity index (χ1v) is 6.39. The van der Waals surface area contributed by atoms with Crippen molar-refractivity contribution in [2.45, 2.75) is 6.92 Å². The maximum absolute atomic E-state index is 12.3. The molecule has 1 amide bonds. The van der Waals surface area contributed by atoms with Gasteiger partial charge in [-0.25, -0.2) is 4.98 Å². The van der Waals surface area contributed by atoms with Crippen molar-refractivity contribution in [3.8, 4) is 11.5 Å². The minimum absolute atomic E-state index is 0.142. The molecule has 2 rings (SSSR count). The quantitative estimate of drug-likeness (QED) is 0.869. The molecular weight excluding hydrogens is 258 g/mol. The van der Waals surface area contributed by atoms with E-state index in [1.807, 2.05) is 14.1 Å². The molecule has 0 fully saturated rings. The molecule has 108 valence electrons. The lowest BCUT2D eigenvalue weighted by molar-refractivity contribution is 0.0790. The zero-order chi connectivity index (χ0) is 14.7. The first-order valence-electron chi connectivity index (χ1n) is 6.39. The highest BCUT2D eigenvalue weighted by molar-refractivity contribution is 5.93. The summed E-state index contributed by atoms with van der Waals surface area (Å²) in [7, 11) is 5.41. The number of rotatable bonds is 5. The number of hydrogen-bond donors (Lipinski definition) is 1. The minimum atomic E-state index is -0.142. The minimum Gasteiger partial charge on any atom is -0.440 e. The number of nitrogens with one attached hydrogen (secondary N) is 1. The number of oxazole rings is 1. The van der Waals surface area contributed by atoms with E-state index >= 15 is 0 Å². The third kappa shape index (κ3) is 2.88. The molecule has 0 aliphatic heterocycles. The summed E-state index contributed by atoms with van der Waals surface area (Å²) in [5, 5.41) is 7.07. The van der Waals surface area contributed by atoms with Crippen molar-refractivity contribution in [3.05, 3.63) is 23.8 Å². The van der Waals surface area contributed by atoms with Gasteiger partial charge in [0.25, 0.3) is 5.91 Å². The van der Waals surface area contributed by atoms with Crippen molar-refractivity contribution in [2.24, 2.45) is 7.05 Å². The van der Waals surface area contributed by atoms with Crippen LogP contribution in [0, 0.1) is 6.92 Å². The molecule has 0 aromatic carbocycles. The Kier molecular flexibility index (Phi) is 4.19. The molecule has 0 spiro atoms. The van der Waals surface area contributed by atoms with E-state index in [1.165, 1.54) is 0 Å². The third-order valence-corrected chi connectivity index (χ3v) is 2.99. The van der Waals surface area contributed by atoms with Gasteiger partial charge in [-0.3, -0.25) is 9.48 Å². The second-order valence-electron chi connectivity index (χ2n) is 4.66. The van der Waals surface area contributed by atoms with Gasteiger partial charge in [-0.1, -0.05) is 0 Å². The van der Waals surface area contributed by atoms with Crippen LogP contribution in [-0.2, 0) is 7.05 Å². The predicted molar refractivity (Wildman–Crippen MR) is 74.3 cm³/mol. The van der Waals surface area contributed by atoms with E-state index in [9.17, 15) is 4.79 Å². The lowest BCUT2D eigenvalue weighted by Gasteiger charge is -2.15. The van der Waals surface area contributed by atoms with Crippen LogP contribution in [0.2, 0.25) is 0 Å². The normalized spacial score (nSPS) is 10.8. The van der Waals surface area contributed by atoms with Crippen molar-refractivity contribution in [1.82, 2.24) is 25.0 Å². The van der Waals surface area contributed by atoms with Crippen LogP contribution >= 0.6 is 0 Å². The van der Waals surface area contributed by atoms with Crippen molar-refractivity contribution < 1.29 is 9.21 Å². The second-order valence-corrected chi connectivity index (χ2v) is 4.66. The first kappa shape index (κ1) is 14.3. The van der Waals surface area contributed by atoms with E-state index in [1.54, 1.807) is 35.9 Å². The largest absolute Gasteiger partial charge is 0.440 e. The molecule has 0 saturated carbocycles. The molecule has 0 radical (unpaired) electrons. The molecule has 2 aromatic heterocycles. The van der Waals surface area contributed by atoms with Crippen LogP contribution in [0.25, 0.3) is 11.5 Å². The summed E-state index contributed by atoms with van der Waals surface area (Å²) >= 11 is 0. The fourth-order valence-electron chi connectivity index (χ4n) is 1.81. The molecule has 0 saturated heterocycles. The van der Waals surface area contributed by atoms with Gasteiger partial charge in [0.2, 0.25) is 5.89 Å². The molecule has 20 heavy (non-hydrogen) atoms. The standard InChI is InChI=1S/C13H19N5O2/c1-9-11(13(19)17(3)6-5-14-2)16-12(20-9)10-7-15-18(4)8-10/h7-8,14H,5-6H2,1-4H3. The van der Waals surface area contributed by atoms with Crippen molar-refractivity contribution >= 4 is 5.91 Å². The highest BCUT2D eigenvalue weighted by atomic mass is 16.4. The van der Waals surface area contributed by atoms with Gasteiger partial charge < -0.3 is 14.6 Å². The number of carbonyl (C=O) groups excluding carboxylic acids is 1. The summed E-state index contributed by atoms with van der Waals surface area (Å²) in [4.78, 5) is 18.2. The van der Waals surface area contributed by atoms with Crippen LogP contribution in [0.3, 0.4) is 0 Å². The zero-order valence-corrected chi connectivity index (χ0v) is 12.2. The monoisotopic (exact) mass is 277 g/mol. The van der Waals surface area contributed by atoms with E-state index in [0.717, 1.165) is 12.1 Å². The van der Waals surface area contributed by atoms with Crippen LogP contribution in [-0.4, -0.2) is 52.8 Å². The molecule has 0 aliphatic carbocycles. The molecule has 0 atom stereocenters. The van der Waals surface area contributed by atoms with Crippen LogP contribution in [0.1, 0.15) is 16.2 Å². The average molecular weight is 277 g/mol. The second kappa shape index (κ2) is 5.87. The molecule has 7 nitrogen and oxygen atoms in total. The fourth-order valence-corrected chi connectivity index (χ4v) is 1.81. The van der Waals surface area contributed by atoms with Crippen LogP contribution < -0.4 is 5.32 Å². The molecule has 0 bridgehead atoms. The highest BCUT2D eigenvalue weighted by Crippen LogP contribution is 2.21. The average Bonchev–Trinajstić information content (AvgIpc) is 3.01. The lowest BCUT2D eigenvalue weighted by Crippen LogP contribution is -2.33. The number of likely N-dealkylation sites (N-methyl/N-ethyl adjacent to an activating group) is 2. The molecular formula is C13H19N5O2. The van der Waals surface area contributed by atoms with E-state index in [-0.39, 0.29) is 5.91 Å². The van der Waals surface area contributed by atoms with Gasteiger partial charge >= 0.3 is 0 Å². The zero-order valence-electron chi connectivity index (χ0n) is 12.2. The smallest absolute Gasteiger partial charge is 0.275 e. The van der Waals surface area contributed by atoms with Crippen LogP contribution in [0.5, 0.6) is 0 Å². The lowest BCUT2D eigenvalue weighted by atomic mass is 10.3. The van der Waals surface area contributed by atoms with Gasteiger partial charge in [-0.2, -0.15) is 5.10 Å². The third-order valence-electron chi connectivity index (χ3n) is 2.99. The summed E-state index contributed by atoms with van der Waals surface area (Å²) in [6, 6.07) is 0. The SMILES string of the molecule is CNCCN(C)C(=O)c1nc(-c2cnn(C)c2)oc1C. The molecule has 2 aromatic rings. The van der Waals surface area contributed by atoms with Crippen molar-refractivity contribution in [3.63, 3.8) is 0 Å². The van der Waals surface area contributed by atoms with Gasteiger partial charge in [-0.05, 0) is 14.0 Å². The van der Waals surface area contributed by atoms with Gasteiger partial charge in [0.1, 0.15) is 5.76 Å². The highest BCUT2D eigenvalue weighted by Gasteiger charge is 2.21. The Labute approximate surface area is 117 Å². The number of nitrogens with zero attached hydrogens (tertiary/aromatic N) is 4. The Morgan fingerprint density at radius 2 is 2.30 bits per heavy atom. The number of aromatic nitrogens is 3. The van der Waals surface area contributed by atoms with Crippen molar-refractivity contribution in [2.75, 3.05) is 27.2 Å². The summed E-state index contributed by atoms with van der Waals surface area (Å²) in [6.45, 7) is 3.09. The summed E-state index contributed by atoms with van der Waals surface area (Å²) in [6.07, 6.45) is 3.45. The van der Waals surface area contributed by atoms with E-state index in [2.05, 4.69) is 15.4 Å². The Morgan fingerprint density at radius 1 is 1.55 bits per heavy atom. The number of hydrogen-bond acceptors (Lipinski definition) is 5. The van der Waals surface area contributed by atoms with Crippen LogP contribution in [0.4, 0.5) is 0 Å². The number of carbonyl (C=O) groups is 1. The van der Waals surface area contributed by atoms with E-state index in [0.29, 0.717) is 23.9 Å². The predicted octanol–water partition coefficient (Wildman–Crippen LogP) is 0.675. The summed E-state index contributed by atoms with van der Waals surface area (Å²) < 4.78 is 7.22. The molecule has 0 aliphatic rings. The fraction of sp³-hybridized carbons (Fsp3) is 0.462. The molecule has 1 N–H and O–H groups in total. The molecule has 0 unspecified atom stereocenters. The van der Waals surface area contributed by atoms with Gasteiger partial charge in [0, 0.05) is 33.4 Å². The maximum atomic E-state index is 12.3. The Morgan fingerprint density at radius 3 is 2.90 bits per heavy atom. The van der Waals surface area contributed by atoms with E-state index < -0.39 is 0 Å². The van der Waals surface area contributed by atoms with Gasteiger partial charge in [-0.15, -0.1) is 0 Å². The maximum Gasteiger partial charge on any atom is 0.275 e. The number of amides is 1. The summed E-state index contributed by atoms with van der Waals surface area (Å²) in [5.74, 6) is 0.794. The Balaban J connectivity index is 2.21. The molecule has 2 heterocycles. The van der Waals surface area contributed by atoms with E-state index in [4.69, 9.17) is 4.42 Å². The van der Waals surface area contributed by atoms with Gasteiger partial charge in [0.15, 0.2) is 5.69 Å². The van der Waals surface area contributed by atoms with Crippen molar-refractivity contribution in [1.29, 1.82) is 0 Å². The first-order chi connectivity index (χ1) is 9.52. The topological polar surface area (TPSA) is 76.2 Å². The number of aryl methyl sites for hydroxylation is 2. The Bertz CT molecular complexity index is 602. The summed E-state index contributed by atoms with van der Waals surface area (Å²) in [5.41, 5.74) is 1.11. The molecule has 7 heteroatoms. The van der Waals surface area contributed by atoms with Gasteiger partial charge in [0.05, 0.1) is 11.8 Å².